The number of ketones is 2. The second kappa shape index (κ2) is 12.6. The molecule has 166 valence electrons. The SMILES string of the molecule is CC(C)=CCC/C(C)=C/CC/C(C)=C/CC[C@](C)(O)CCC1=CC(=O)C=C(C)C1=O. The molecule has 0 saturated carbocycles. The highest BCUT2D eigenvalue weighted by molar-refractivity contribution is 6.19. The predicted molar refractivity (Wildman–Crippen MR) is 126 cm³/mol. The highest BCUT2D eigenvalue weighted by Crippen LogP contribution is 2.25. The van der Waals surface area contributed by atoms with Crippen molar-refractivity contribution in [3.05, 3.63) is 58.2 Å². The van der Waals surface area contributed by atoms with Crippen molar-refractivity contribution in [1.82, 2.24) is 0 Å². The van der Waals surface area contributed by atoms with Crippen LogP contribution in [-0.4, -0.2) is 22.3 Å². The van der Waals surface area contributed by atoms with E-state index < -0.39 is 5.60 Å². The first-order valence-electron chi connectivity index (χ1n) is 11.1. The second-order valence-corrected chi connectivity index (χ2v) is 9.22. The van der Waals surface area contributed by atoms with E-state index in [0.29, 0.717) is 30.4 Å². The average Bonchev–Trinajstić information content (AvgIpc) is 2.63. The Hall–Kier alpha value is -2.00. The van der Waals surface area contributed by atoms with Crippen LogP contribution < -0.4 is 0 Å². The molecule has 0 aromatic rings. The summed E-state index contributed by atoms with van der Waals surface area (Å²) in [7, 11) is 0. The van der Waals surface area contributed by atoms with Gasteiger partial charge in [-0.2, -0.15) is 0 Å². The zero-order chi connectivity index (χ0) is 22.7. The predicted octanol–water partition coefficient (Wildman–Crippen LogP) is 6.74. The van der Waals surface area contributed by atoms with Crippen LogP contribution in [0.15, 0.2) is 58.2 Å². The number of allylic oxidation sites excluding steroid dienone is 10. The maximum atomic E-state index is 12.1. The molecule has 0 bridgehead atoms. The fourth-order valence-electron chi connectivity index (χ4n) is 3.49. The molecule has 0 amide bonds. The first kappa shape index (κ1) is 26.0. The lowest BCUT2D eigenvalue weighted by molar-refractivity contribution is -0.115. The van der Waals surface area contributed by atoms with Crippen molar-refractivity contribution in [3.63, 3.8) is 0 Å². The van der Waals surface area contributed by atoms with Crippen molar-refractivity contribution in [2.75, 3.05) is 0 Å². The summed E-state index contributed by atoms with van der Waals surface area (Å²) in [6, 6.07) is 0. The molecule has 0 spiro atoms. The van der Waals surface area contributed by atoms with Crippen molar-refractivity contribution < 1.29 is 14.7 Å². The lowest BCUT2D eigenvalue weighted by atomic mass is 9.87. The van der Waals surface area contributed by atoms with Gasteiger partial charge in [0.25, 0.3) is 0 Å². The fraction of sp³-hybridized carbons (Fsp3) is 0.556. The molecule has 1 N–H and O–H groups in total. The third-order valence-electron chi connectivity index (χ3n) is 5.56. The summed E-state index contributed by atoms with van der Waals surface area (Å²) in [6.45, 7) is 12.1. The van der Waals surface area contributed by atoms with E-state index in [1.165, 1.54) is 28.9 Å². The molecule has 30 heavy (non-hydrogen) atoms. The van der Waals surface area contributed by atoms with E-state index in [1.807, 2.05) is 6.92 Å². The second-order valence-electron chi connectivity index (χ2n) is 9.22. The van der Waals surface area contributed by atoms with Gasteiger partial charge in [-0.05, 0) is 105 Å². The molecule has 3 heteroatoms. The zero-order valence-electron chi connectivity index (χ0n) is 19.8. The van der Waals surface area contributed by atoms with E-state index in [4.69, 9.17) is 0 Å². The highest BCUT2D eigenvalue weighted by atomic mass is 16.3. The topological polar surface area (TPSA) is 54.4 Å². The Kier molecular flexibility index (Phi) is 11.0. The molecule has 0 aromatic heterocycles. The molecule has 0 radical (unpaired) electrons. The minimum atomic E-state index is -0.850. The van der Waals surface area contributed by atoms with Gasteiger partial charge in [-0.3, -0.25) is 9.59 Å². The molecule has 1 rings (SSSR count). The lowest BCUT2D eigenvalue weighted by Gasteiger charge is -2.23. The van der Waals surface area contributed by atoms with Crippen LogP contribution >= 0.6 is 0 Å². The normalized spacial score (nSPS) is 17.4. The number of hydrogen-bond acceptors (Lipinski definition) is 3. The Balaban J connectivity index is 2.38. The number of rotatable bonds is 12. The van der Waals surface area contributed by atoms with Gasteiger partial charge in [-0.15, -0.1) is 0 Å². The fourth-order valence-corrected chi connectivity index (χ4v) is 3.49. The van der Waals surface area contributed by atoms with Crippen LogP contribution in [0.4, 0.5) is 0 Å². The van der Waals surface area contributed by atoms with Crippen LogP contribution in [0.25, 0.3) is 0 Å². The largest absolute Gasteiger partial charge is 0.390 e. The van der Waals surface area contributed by atoms with Crippen LogP contribution in [0, 0.1) is 0 Å². The van der Waals surface area contributed by atoms with Gasteiger partial charge in [0.2, 0.25) is 0 Å². The third-order valence-corrected chi connectivity index (χ3v) is 5.56. The van der Waals surface area contributed by atoms with Gasteiger partial charge < -0.3 is 5.11 Å². The number of carbonyl (C=O) groups is 2. The van der Waals surface area contributed by atoms with Crippen LogP contribution in [0.1, 0.15) is 92.9 Å². The smallest absolute Gasteiger partial charge is 0.184 e. The van der Waals surface area contributed by atoms with Gasteiger partial charge in [0, 0.05) is 11.1 Å². The van der Waals surface area contributed by atoms with E-state index >= 15 is 0 Å². The van der Waals surface area contributed by atoms with E-state index in [-0.39, 0.29) is 11.6 Å². The van der Waals surface area contributed by atoms with Gasteiger partial charge in [0.15, 0.2) is 11.6 Å². The Morgan fingerprint density at radius 1 is 0.900 bits per heavy atom. The van der Waals surface area contributed by atoms with Crippen LogP contribution in [0.5, 0.6) is 0 Å². The first-order chi connectivity index (χ1) is 14.0. The molecule has 0 aromatic carbocycles. The molecule has 1 aliphatic carbocycles. The molecule has 0 unspecified atom stereocenters. The Bertz CT molecular complexity index is 766. The molecule has 1 atom stereocenters. The van der Waals surface area contributed by atoms with Crippen molar-refractivity contribution in [1.29, 1.82) is 0 Å². The summed E-state index contributed by atoms with van der Waals surface area (Å²) < 4.78 is 0. The van der Waals surface area contributed by atoms with Crippen molar-refractivity contribution in [3.8, 4) is 0 Å². The molecule has 3 nitrogen and oxygen atoms in total. The van der Waals surface area contributed by atoms with Crippen LogP contribution in [0.3, 0.4) is 0 Å². The zero-order valence-corrected chi connectivity index (χ0v) is 19.8. The summed E-state index contributed by atoms with van der Waals surface area (Å²) in [5.41, 5.74) is 4.31. The minimum absolute atomic E-state index is 0.0784. The Morgan fingerprint density at radius 3 is 2.07 bits per heavy atom. The van der Waals surface area contributed by atoms with Gasteiger partial charge in [-0.25, -0.2) is 0 Å². The van der Waals surface area contributed by atoms with Gasteiger partial charge >= 0.3 is 0 Å². The summed E-state index contributed by atoms with van der Waals surface area (Å²) >= 11 is 0. The summed E-state index contributed by atoms with van der Waals surface area (Å²) in [5, 5.41) is 10.7. The molecule has 1 aliphatic rings. The summed E-state index contributed by atoms with van der Waals surface area (Å²) in [5.74, 6) is -0.216. The van der Waals surface area contributed by atoms with E-state index in [1.54, 1.807) is 6.92 Å². The monoisotopic (exact) mass is 412 g/mol. The van der Waals surface area contributed by atoms with E-state index in [2.05, 4.69) is 45.9 Å². The minimum Gasteiger partial charge on any atom is -0.390 e. The average molecular weight is 413 g/mol. The number of hydrogen-bond donors (Lipinski definition) is 1. The van der Waals surface area contributed by atoms with Crippen molar-refractivity contribution >= 4 is 11.6 Å². The van der Waals surface area contributed by atoms with Crippen molar-refractivity contribution in [2.24, 2.45) is 0 Å². The van der Waals surface area contributed by atoms with Gasteiger partial charge in [0.05, 0.1) is 5.60 Å². The Labute approximate surface area is 183 Å². The molecule has 0 heterocycles. The molecule has 0 saturated heterocycles. The van der Waals surface area contributed by atoms with Crippen LogP contribution in [-0.2, 0) is 9.59 Å². The maximum Gasteiger partial charge on any atom is 0.184 e. The molecular weight excluding hydrogens is 372 g/mol. The van der Waals surface area contributed by atoms with Crippen molar-refractivity contribution in [2.45, 2.75) is 98.5 Å². The van der Waals surface area contributed by atoms with E-state index in [9.17, 15) is 14.7 Å². The lowest BCUT2D eigenvalue weighted by Crippen LogP contribution is -2.25. The van der Waals surface area contributed by atoms with Gasteiger partial charge in [-0.1, -0.05) is 34.9 Å². The molecular formula is C27H40O3. The Morgan fingerprint density at radius 2 is 1.47 bits per heavy atom. The summed E-state index contributed by atoms with van der Waals surface area (Å²) in [4.78, 5) is 23.8. The van der Waals surface area contributed by atoms with Gasteiger partial charge in [0.1, 0.15) is 0 Å². The third kappa shape index (κ3) is 10.7. The molecule has 0 aliphatic heterocycles. The number of aliphatic hydroxyl groups is 1. The standard InChI is InChI=1S/C27H40O3/c1-20(2)10-7-11-21(3)12-8-13-22(4)14-9-16-27(6,30)17-15-24-19-25(28)18-23(5)26(24)29/h10,12,14,18-19,30H,7-9,11,13,15-17H2,1-6H3/b21-12+,22-14+/t27-/m0/s1. The summed E-state index contributed by atoms with van der Waals surface area (Å²) in [6.07, 6.45) is 16.3. The quantitative estimate of drug-likeness (QED) is 0.285. The number of carbonyl (C=O) groups excluding carboxylic acids is 2. The maximum absolute atomic E-state index is 12.1. The van der Waals surface area contributed by atoms with E-state index in [0.717, 1.165) is 32.1 Å². The molecule has 0 fully saturated rings. The van der Waals surface area contributed by atoms with Crippen LogP contribution in [0.2, 0.25) is 0 Å². The number of Topliss-reactive ketones (excluding diaryl/α,β-unsaturated/α-hetero) is 1. The highest BCUT2D eigenvalue weighted by Gasteiger charge is 2.24. The first-order valence-corrected chi connectivity index (χ1v) is 11.1.